The summed E-state index contributed by atoms with van der Waals surface area (Å²) in [7, 11) is 0. The van der Waals surface area contributed by atoms with E-state index in [2.05, 4.69) is 51.0 Å². The molecule has 0 aliphatic carbocycles. The molecule has 0 radical (unpaired) electrons. The standard InChI is InChI=1S/C15H26N2S/c1-6-8-17-14(11-18-15(3,4)5)13-10-16-9-7-12(13)2/h7,9-10,14,17H,6,8,11H2,1-5H3. The Balaban J connectivity index is 2.75. The molecule has 1 aromatic rings. The predicted octanol–water partition coefficient (Wildman–Crippen LogP) is 3.96. The van der Waals surface area contributed by atoms with Gasteiger partial charge in [0.1, 0.15) is 0 Å². The number of nitrogens with zero attached hydrogens (tertiary/aromatic N) is 1. The fourth-order valence-electron chi connectivity index (χ4n) is 1.75. The lowest BCUT2D eigenvalue weighted by molar-refractivity contribution is 0.571. The van der Waals surface area contributed by atoms with Crippen LogP contribution in [0.5, 0.6) is 0 Å². The first-order valence-electron chi connectivity index (χ1n) is 6.72. The highest BCUT2D eigenvalue weighted by Gasteiger charge is 2.18. The minimum Gasteiger partial charge on any atom is -0.309 e. The molecule has 2 nitrogen and oxygen atoms in total. The summed E-state index contributed by atoms with van der Waals surface area (Å²) in [6.45, 7) is 12.2. The van der Waals surface area contributed by atoms with Gasteiger partial charge in [0.25, 0.3) is 0 Å². The summed E-state index contributed by atoms with van der Waals surface area (Å²) in [5.41, 5.74) is 2.66. The molecule has 1 heterocycles. The summed E-state index contributed by atoms with van der Waals surface area (Å²) in [5.74, 6) is 1.09. The van der Waals surface area contributed by atoms with Gasteiger partial charge in [-0.05, 0) is 37.1 Å². The van der Waals surface area contributed by atoms with Gasteiger partial charge in [-0.15, -0.1) is 0 Å². The number of aryl methyl sites for hydroxylation is 1. The topological polar surface area (TPSA) is 24.9 Å². The average Bonchev–Trinajstić information content (AvgIpc) is 2.29. The highest BCUT2D eigenvalue weighted by molar-refractivity contribution is 8.00. The van der Waals surface area contributed by atoms with E-state index in [1.807, 2.05) is 24.2 Å². The number of nitrogens with one attached hydrogen (secondary N) is 1. The smallest absolute Gasteiger partial charge is 0.0430 e. The molecule has 1 rings (SSSR count). The van der Waals surface area contributed by atoms with Gasteiger partial charge in [0.15, 0.2) is 0 Å². The maximum absolute atomic E-state index is 4.27. The molecule has 0 bridgehead atoms. The third-order valence-electron chi connectivity index (χ3n) is 2.78. The van der Waals surface area contributed by atoms with Crippen LogP contribution in [-0.2, 0) is 0 Å². The second-order valence-electron chi connectivity index (χ2n) is 5.66. The van der Waals surface area contributed by atoms with Crippen LogP contribution < -0.4 is 5.32 Å². The van der Waals surface area contributed by atoms with Crippen molar-refractivity contribution in [1.29, 1.82) is 0 Å². The van der Waals surface area contributed by atoms with Crippen molar-refractivity contribution >= 4 is 11.8 Å². The summed E-state index contributed by atoms with van der Waals surface area (Å²) in [4.78, 5) is 4.27. The van der Waals surface area contributed by atoms with Crippen molar-refractivity contribution in [3.05, 3.63) is 29.6 Å². The molecule has 1 aromatic heterocycles. The second kappa shape index (κ2) is 7.15. The number of hydrogen-bond donors (Lipinski definition) is 1. The summed E-state index contributed by atoms with van der Waals surface area (Å²) in [5, 5.41) is 3.64. The van der Waals surface area contributed by atoms with Gasteiger partial charge in [0, 0.05) is 28.9 Å². The molecule has 0 amide bonds. The molecule has 0 saturated heterocycles. The Kier molecular flexibility index (Phi) is 6.16. The largest absolute Gasteiger partial charge is 0.309 e. The molecule has 0 aliphatic heterocycles. The van der Waals surface area contributed by atoms with Crippen LogP contribution >= 0.6 is 11.8 Å². The van der Waals surface area contributed by atoms with Gasteiger partial charge >= 0.3 is 0 Å². The van der Waals surface area contributed by atoms with Crippen molar-refractivity contribution in [3.8, 4) is 0 Å². The van der Waals surface area contributed by atoms with Crippen molar-refractivity contribution < 1.29 is 0 Å². The van der Waals surface area contributed by atoms with E-state index < -0.39 is 0 Å². The summed E-state index contributed by atoms with van der Waals surface area (Å²) < 4.78 is 0.308. The molecule has 1 N–H and O–H groups in total. The molecule has 0 aromatic carbocycles. The highest BCUT2D eigenvalue weighted by Crippen LogP contribution is 2.29. The van der Waals surface area contributed by atoms with Crippen LogP contribution in [-0.4, -0.2) is 22.0 Å². The van der Waals surface area contributed by atoms with Gasteiger partial charge in [-0.1, -0.05) is 27.7 Å². The third kappa shape index (κ3) is 5.40. The molecule has 0 aliphatic rings. The molecule has 18 heavy (non-hydrogen) atoms. The first-order chi connectivity index (χ1) is 8.44. The van der Waals surface area contributed by atoms with Crippen LogP contribution in [0.4, 0.5) is 0 Å². The van der Waals surface area contributed by atoms with Gasteiger partial charge in [-0.25, -0.2) is 0 Å². The first-order valence-corrected chi connectivity index (χ1v) is 7.70. The Morgan fingerprint density at radius 2 is 2.11 bits per heavy atom. The Morgan fingerprint density at radius 3 is 2.67 bits per heavy atom. The van der Waals surface area contributed by atoms with Crippen LogP contribution in [0, 0.1) is 6.92 Å². The average molecular weight is 266 g/mol. The fraction of sp³-hybridized carbons (Fsp3) is 0.667. The zero-order valence-corrected chi connectivity index (χ0v) is 13.1. The summed E-state index contributed by atoms with van der Waals surface area (Å²) in [6.07, 6.45) is 5.04. The molecular formula is C15H26N2S. The quantitative estimate of drug-likeness (QED) is 0.843. The van der Waals surface area contributed by atoms with Crippen LogP contribution in [0.3, 0.4) is 0 Å². The monoisotopic (exact) mass is 266 g/mol. The zero-order valence-electron chi connectivity index (χ0n) is 12.3. The molecule has 102 valence electrons. The van der Waals surface area contributed by atoms with Crippen LogP contribution in [0.2, 0.25) is 0 Å². The maximum Gasteiger partial charge on any atom is 0.0430 e. The molecule has 3 heteroatoms. The van der Waals surface area contributed by atoms with Gasteiger partial charge in [-0.2, -0.15) is 11.8 Å². The molecular weight excluding hydrogens is 240 g/mol. The zero-order chi connectivity index (χ0) is 13.6. The predicted molar refractivity (Wildman–Crippen MR) is 82.2 cm³/mol. The fourth-order valence-corrected chi connectivity index (χ4v) is 2.72. The lowest BCUT2D eigenvalue weighted by atomic mass is 10.1. The normalized spacial score (nSPS) is 13.6. The molecule has 0 spiro atoms. The SMILES string of the molecule is CCCNC(CSC(C)(C)C)c1cnccc1C. The van der Waals surface area contributed by atoms with Crippen molar-refractivity contribution in [3.63, 3.8) is 0 Å². The lowest BCUT2D eigenvalue weighted by Crippen LogP contribution is -2.26. The molecule has 1 unspecified atom stereocenters. The maximum atomic E-state index is 4.27. The minimum atomic E-state index is 0.308. The van der Waals surface area contributed by atoms with Crippen molar-refractivity contribution in [2.24, 2.45) is 0 Å². The van der Waals surface area contributed by atoms with E-state index in [-0.39, 0.29) is 0 Å². The van der Waals surface area contributed by atoms with Gasteiger partial charge < -0.3 is 5.32 Å². The Bertz CT molecular complexity index is 358. The Labute approximate surface area is 116 Å². The number of aromatic nitrogens is 1. The number of thioether (sulfide) groups is 1. The first kappa shape index (κ1) is 15.5. The van der Waals surface area contributed by atoms with Crippen molar-refractivity contribution in [2.75, 3.05) is 12.3 Å². The van der Waals surface area contributed by atoms with Crippen molar-refractivity contribution in [1.82, 2.24) is 10.3 Å². The van der Waals surface area contributed by atoms with E-state index in [1.54, 1.807) is 0 Å². The summed E-state index contributed by atoms with van der Waals surface area (Å²) in [6, 6.07) is 2.50. The van der Waals surface area contributed by atoms with E-state index in [0.29, 0.717) is 10.8 Å². The second-order valence-corrected chi connectivity index (χ2v) is 7.51. The highest BCUT2D eigenvalue weighted by atomic mass is 32.2. The number of rotatable bonds is 6. The van der Waals surface area contributed by atoms with Gasteiger partial charge in [-0.3, -0.25) is 4.98 Å². The number of hydrogen-bond acceptors (Lipinski definition) is 3. The van der Waals surface area contributed by atoms with Crippen LogP contribution in [0.15, 0.2) is 18.5 Å². The lowest BCUT2D eigenvalue weighted by Gasteiger charge is -2.25. The van der Waals surface area contributed by atoms with Gasteiger partial charge in [0.2, 0.25) is 0 Å². The van der Waals surface area contributed by atoms with E-state index in [1.165, 1.54) is 11.1 Å². The van der Waals surface area contributed by atoms with E-state index in [9.17, 15) is 0 Å². The van der Waals surface area contributed by atoms with E-state index >= 15 is 0 Å². The van der Waals surface area contributed by atoms with E-state index in [4.69, 9.17) is 0 Å². The summed E-state index contributed by atoms with van der Waals surface area (Å²) >= 11 is 2.01. The van der Waals surface area contributed by atoms with Gasteiger partial charge in [0.05, 0.1) is 0 Å². The Morgan fingerprint density at radius 1 is 1.39 bits per heavy atom. The van der Waals surface area contributed by atoms with Crippen molar-refractivity contribution in [2.45, 2.75) is 51.8 Å². The van der Waals surface area contributed by atoms with Crippen LogP contribution in [0.25, 0.3) is 0 Å². The van der Waals surface area contributed by atoms with Crippen LogP contribution in [0.1, 0.15) is 51.3 Å². The molecule has 0 saturated carbocycles. The third-order valence-corrected chi connectivity index (χ3v) is 4.14. The van der Waals surface area contributed by atoms with E-state index in [0.717, 1.165) is 18.7 Å². The molecule has 0 fully saturated rings. The Hall–Kier alpha value is -0.540. The molecule has 1 atom stereocenters. The minimum absolute atomic E-state index is 0.308. The number of pyridine rings is 1.